The second kappa shape index (κ2) is 5.25. The minimum Gasteiger partial charge on any atom is -0.478 e. The molecule has 0 unspecified atom stereocenters. The zero-order chi connectivity index (χ0) is 14.8. The average molecular weight is 279 g/mol. The number of amides is 1. The van der Waals surface area contributed by atoms with Gasteiger partial charge in [0.2, 0.25) is 0 Å². The molecule has 0 aromatic heterocycles. The van der Waals surface area contributed by atoms with E-state index >= 15 is 0 Å². The summed E-state index contributed by atoms with van der Waals surface area (Å²) in [5.41, 5.74) is 2.64. The fraction of sp³-hybridized carbons (Fsp3) is 0.0588. The van der Waals surface area contributed by atoms with Gasteiger partial charge in [-0.1, -0.05) is 48.5 Å². The molecule has 0 bridgehead atoms. The predicted molar refractivity (Wildman–Crippen MR) is 79.7 cm³/mol. The van der Waals surface area contributed by atoms with Crippen LogP contribution in [0.5, 0.6) is 0 Å². The van der Waals surface area contributed by atoms with Crippen molar-refractivity contribution < 1.29 is 14.7 Å². The van der Waals surface area contributed by atoms with Crippen LogP contribution in [0.1, 0.15) is 11.1 Å². The number of hydrogen-bond acceptors (Lipinski definition) is 2. The maximum atomic E-state index is 12.5. The third-order valence-corrected chi connectivity index (χ3v) is 3.41. The van der Waals surface area contributed by atoms with Crippen LogP contribution in [0.25, 0.3) is 5.57 Å². The summed E-state index contributed by atoms with van der Waals surface area (Å²) in [6.45, 7) is 0.424. The van der Waals surface area contributed by atoms with Crippen molar-refractivity contribution in [3.63, 3.8) is 0 Å². The minimum absolute atomic E-state index is 0.231. The number of carbonyl (C=O) groups excluding carboxylic acids is 1. The van der Waals surface area contributed by atoms with E-state index in [9.17, 15) is 9.59 Å². The van der Waals surface area contributed by atoms with Crippen molar-refractivity contribution in [2.45, 2.75) is 6.54 Å². The van der Waals surface area contributed by atoms with Gasteiger partial charge in [0.15, 0.2) is 0 Å². The highest BCUT2D eigenvalue weighted by molar-refractivity contribution is 6.34. The smallest absolute Gasteiger partial charge is 0.329 e. The first-order valence-electron chi connectivity index (χ1n) is 6.56. The molecular formula is C17H13NO3. The quantitative estimate of drug-likeness (QED) is 0.879. The lowest BCUT2D eigenvalue weighted by atomic mass is 10.1. The molecule has 0 atom stereocenters. The van der Waals surface area contributed by atoms with Crippen LogP contribution in [-0.2, 0) is 16.1 Å². The molecule has 0 saturated carbocycles. The number of carboxylic acids is 1. The Kier molecular flexibility index (Phi) is 3.28. The number of para-hydroxylation sites is 1. The van der Waals surface area contributed by atoms with E-state index in [0.717, 1.165) is 17.3 Å². The molecule has 2 aromatic rings. The molecular weight excluding hydrogens is 266 g/mol. The maximum absolute atomic E-state index is 12.5. The molecule has 4 nitrogen and oxygen atoms in total. The van der Waals surface area contributed by atoms with E-state index in [1.54, 1.807) is 17.0 Å². The van der Waals surface area contributed by atoms with Crippen LogP contribution in [0.4, 0.5) is 5.69 Å². The number of aliphatic carboxylic acids is 1. The minimum atomic E-state index is -1.12. The number of anilines is 1. The highest BCUT2D eigenvalue weighted by Gasteiger charge is 2.32. The van der Waals surface area contributed by atoms with Crippen LogP contribution in [0.3, 0.4) is 0 Å². The predicted octanol–water partition coefficient (Wildman–Crippen LogP) is 2.70. The fourth-order valence-electron chi connectivity index (χ4n) is 2.49. The summed E-state index contributed by atoms with van der Waals surface area (Å²) in [6.07, 6.45) is 0.978. The molecule has 1 aliphatic rings. The van der Waals surface area contributed by atoms with Crippen molar-refractivity contribution in [1.82, 2.24) is 0 Å². The molecule has 0 fully saturated rings. The van der Waals surface area contributed by atoms with Gasteiger partial charge in [-0.2, -0.15) is 0 Å². The average Bonchev–Trinajstić information content (AvgIpc) is 2.74. The van der Waals surface area contributed by atoms with Gasteiger partial charge >= 0.3 is 5.97 Å². The summed E-state index contributed by atoms with van der Waals surface area (Å²) < 4.78 is 0. The van der Waals surface area contributed by atoms with Gasteiger partial charge in [-0.3, -0.25) is 4.79 Å². The van der Waals surface area contributed by atoms with E-state index in [4.69, 9.17) is 5.11 Å². The Morgan fingerprint density at radius 2 is 1.71 bits per heavy atom. The van der Waals surface area contributed by atoms with E-state index < -0.39 is 5.97 Å². The zero-order valence-corrected chi connectivity index (χ0v) is 11.2. The number of carboxylic acid groups (broad SMARTS) is 1. The van der Waals surface area contributed by atoms with Crippen molar-refractivity contribution in [1.29, 1.82) is 0 Å². The number of fused-ring (bicyclic) bond motifs is 1. The van der Waals surface area contributed by atoms with Crippen molar-refractivity contribution in [2.24, 2.45) is 0 Å². The molecule has 0 radical (unpaired) electrons. The molecule has 1 N–H and O–H groups in total. The molecule has 104 valence electrons. The summed E-state index contributed by atoms with van der Waals surface area (Å²) in [5.74, 6) is -1.39. The molecule has 3 rings (SSSR count). The lowest BCUT2D eigenvalue weighted by Crippen LogP contribution is -2.25. The number of rotatable bonds is 3. The standard InChI is InChI=1S/C17H13NO3/c19-16(20)10-14-13-8-4-5-9-15(13)18(17(14)21)11-12-6-2-1-3-7-12/h1-10H,11H2,(H,19,20)/b14-10+. The Morgan fingerprint density at radius 1 is 1.05 bits per heavy atom. The van der Waals surface area contributed by atoms with Crippen LogP contribution in [0, 0.1) is 0 Å². The summed E-state index contributed by atoms with van der Waals surface area (Å²) in [6, 6.07) is 16.9. The van der Waals surface area contributed by atoms with E-state index in [1.807, 2.05) is 42.5 Å². The highest BCUT2D eigenvalue weighted by Crippen LogP contribution is 2.37. The van der Waals surface area contributed by atoms with E-state index in [1.165, 1.54) is 0 Å². The molecule has 2 aromatic carbocycles. The van der Waals surface area contributed by atoms with E-state index in [-0.39, 0.29) is 11.5 Å². The van der Waals surface area contributed by atoms with Crippen LogP contribution >= 0.6 is 0 Å². The lowest BCUT2D eigenvalue weighted by Gasteiger charge is -2.17. The first-order valence-corrected chi connectivity index (χ1v) is 6.56. The van der Waals surface area contributed by atoms with Crippen LogP contribution in [-0.4, -0.2) is 17.0 Å². The van der Waals surface area contributed by atoms with Crippen LogP contribution in [0.15, 0.2) is 60.7 Å². The Labute approximate surface area is 121 Å². The van der Waals surface area contributed by atoms with Gasteiger partial charge in [-0.15, -0.1) is 0 Å². The zero-order valence-electron chi connectivity index (χ0n) is 11.2. The first-order chi connectivity index (χ1) is 10.2. The molecule has 0 spiro atoms. The van der Waals surface area contributed by atoms with Crippen molar-refractivity contribution in [3.05, 3.63) is 71.8 Å². The Morgan fingerprint density at radius 3 is 2.43 bits per heavy atom. The first kappa shape index (κ1) is 13.1. The highest BCUT2D eigenvalue weighted by atomic mass is 16.4. The third-order valence-electron chi connectivity index (χ3n) is 3.41. The summed E-state index contributed by atoms with van der Waals surface area (Å²) >= 11 is 0. The largest absolute Gasteiger partial charge is 0.478 e. The van der Waals surface area contributed by atoms with Gasteiger partial charge in [0.25, 0.3) is 5.91 Å². The second-order valence-corrected chi connectivity index (χ2v) is 4.79. The summed E-state index contributed by atoms with van der Waals surface area (Å²) in [4.78, 5) is 25.0. The Hall–Kier alpha value is -2.88. The van der Waals surface area contributed by atoms with Gasteiger partial charge in [0.05, 0.1) is 17.8 Å². The molecule has 4 heteroatoms. The number of benzene rings is 2. The summed E-state index contributed by atoms with van der Waals surface area (Å²) in [7, 11) is 0. The topological polar surface area (TPSA) is 57.6 Å². The van der Waals surface area contributed by atoms with Gasteiger partial charge in [0.1, 0.15) is 0 Å². The second-order valence-electron chi connectivity index (χ2n) is 4.79. The third kappa shape index (κ3) is 2.43. The number of carbonyl (C=O) groups is 2. The van der Waals surface area contributed by atoms with Gasteiger partial charge in [-0.25, -0.2) is 4.79 Å². The molecule has 1 heterocycles. The van der Waals surface area contributed by atoms with Crippen molar-refractivity contribution in [3.8, 4) is 0 Å². The Balaban J connectivity index is 2.03. The van der Waals surface area contributed by atoms with Crippen molar-refractivity contribution >= 4 is 23.1 Å². The maximum Gasteiger partial charge on any atom is 0.329 e. The molecule has 0 aliphatic carbocycles. The Bertz CT molecular complexity index is 735. The number of hydrogen-bond donors (Lipinski definition) is 1. The van der Waals surface area contributed by atoms with Gasteiger partial charge < -0.3 is 10.0 Å². The van der Waals surface area contributed by atoms with Gasteiger partial charge in [0, 0.05) is 11.6 Å². The van der Waals surface area contributed by atoms with Crippen molar-refractivity contribution in [2.75, 3.05) is 4.90 Å². The van der Waals surface area contributed by atoms with E-state index in [2.05, 4.69) is 0 Å². The summed E-state index contributed by atoms with van der Waals surface area (Å²) in [5, 5.41) is 8.95. The van der Waals surface area contributed by atoms with Gasteiger partial charge in [-0.05, 0) is 11.6 Å². The fourth-order valence-corrected chi connectivity index (χ4v) is 2.49. The monoisotopic (exact) mass is 279 g/mol. The number of nitrogens with zero attached hydrogens (tertiary/aromatic N) is 1. The van der Waals surface area contributed by atoms with Crippen LogP contribution in [0.2, 0.25) is 0 Å². The van der Waals surface area contributed by atoms with E-state index in [0.29, 0.717) is 12.1 Å². The molecule has 0 saturated heterocycles. The SMILES string of the molecule is O=C(O)/C=C1/C(=O)N(Cc2ccccc2)c2ccccc21. The van der Waals surface area contributed by atoms with Crippen LogP contribution < -0.4 is 4.90 Å². The lowest BCUT2D eigenvalue weighted by molar-refractivity contribution is -0.131. The molecule has 1 amide bonds. The normalized spacial score (nSPS) is 15.3. The molecule has 21 heavy (non-hydrogen) atoms. The molecule has 1 aliphatic heterocycles.